The van der Waals surface area contributed by atoms with Crippen molar-refractivity contribution in [2.24, 2.45) is 0 Å². The van der Waals surface area contributed by atoms with E-state index in [0.717, 1.165) is 33.8 Å². The molecule has 0 saturated heterocycles. The fourth-order valence-corrected chi connectivity index (χ4v) is 5.28. The maximum atomic E-state index is 13.4. The predicted octanol–water partition coefficient (Wildman–Crippen LogP) is 3.74. The van der Waals surface area contributed by atoms with Crippen LogP contribution < -0.4 is 9.47 Å². The number of ether oxygens (including phenoxy) is 3. The number of aliphatic hydroxyl groups is 1. The van der Waals surface area contributed by atoms with Crippen LogP contribution in [0.15, 0.2) is 66.5 Å². The minimum absolute atomic E-state index is 0.258. The van der Waals surface area contributed by atoms with Crippen LogP contribution in [0.1, 0.15) is 16.7 Å². The molecule has 1 atom stereocenters. The van der Waals surface area contributed by atoms with Gasteiger partial charge in [0.25, 0.3) is 5.79 Å². The van der Waals surface area contributed by atoms with Crippen LogP contribution >= 0.6 is 11.7 Å². The van der Waals surface area contributed by atoms with Crippen LogP contribution in [0.5, 0.6) is 11.5 Å². The Morgan fingerprint density at radius 2 is 1.78 bits per heavy atom. The minimum Gasteiger partial charge on any atom is -0.486 e. The summed E-state index contributed by atoms with van der Waals surface area (Å²) in [5.41, 5.74) is 5.68. The first-order valence-electron chi connectivity index (χ1n) is 11.3. The van der Waals surface area contributed by atoms with Crippen LogP contribution in [-0.2, 0) is 21.7 Å². The molecule has 0 amide bonds. The highest BCUT2D eigenvalue weighted by atomic mass is 32.1. The van der Waals surface area contributed by atoms with E-state index >= 15 is 0 Å². The van der Waals surface area contributed by atoms with Crippen molar-refractivity contribution in [3.8, 4) is 11.5 Å². The summed E-state index contributed by atoms with van der Waals surface area (Å²) in [6.45, 7) is 0.847. The molecule has 2 aliphatic rings. The molecule has 2 aromatic heterocycles. The molecule has 10 heteroatoms. The van der Waals surface area contributed by atoms with Gasteiger partial charge in [-0.3, -0.25) is 0 Å². The summed E-state index contributed by atoms with van der Waals surface area (Å²) in [6.07, 6.45) is 1.89. The number of aromatic nitrogens is 4. The predicted molar refractivity (Wildman–Crippen MR) is 132 cm³/mol. The van der Waals surface area contributed by atoms with E-state index in [1.807, 2.05) is 24.3 Å². The average molecular weight is 499 g/mol. The van der Waals surface area contributed by atoms with Gasteiger partial charge in [-0.1, -0.05) is 12.1 Å². The molecule has 3 aromatic carbocycles. The van der Waals surface area contributed by atoms with E-state index < -0.39 is 11.8 Å². The Morgan fingerprint density at radius 1 is 0.944 bits per heavy atom. The minimum atomic E-state index is -2.00. The van der Waals surface area contributed by atoms with E-state index in [1.54, 1.807) is 36.7 Å². The number of benzene rings is 3. The summed E-state index contributed by atoms with van der Waals surface area (Å²) in [7, 11) is 0. The van der Waals surface area contributed by atoms with Crippen LogP contribution in [0.4, 0.5) is 0 Å². The zero-order valence-corrected chi connectivity index (χ0v) is 19.5. The van der Waals surface area contributed by atoms with Gasteiger partial charge in [0, 0.05) is 17.6 Å². The molecular weight excluding hydrogens is 480 g/mol. The Labute approximate surface area is 208 Å². The van der Waals surface area contributed by atoms with Crippen molar-refractivity contribution in [3.05, 3.63) is 83.2 Å². The van der Waals surface area contributed by atoms with E-state index in [1.165, 1.54) is 0 Å². The van der Waals surface area contributed by atoms with Gasteiger partial charge in [-0.05, 0) is 53.6 Å². The second-order valence-electron chi connectivity index (χ2n) is 8.64. The number of carbonyl (C=O) groups excluding carboxylic acids is 1. The fourth-order valence-electron chi connectivity index (χ4n) is 4.76. The molecule has 0 saturated carbocycles. The van der Waals surface area contributed by atoms with E-state index in [9.17, 15) is 9.90 Å². The number of fused-ring (bicyclic) bond motifs is 3. The maximum absolute atomic E-state index is 13.4. The Bertz CT molecular complexity index is 1710. The Kier molecular flexibility index (Phi) is 4.60. The van der Waals surface area contributed by atoms with E-state index in [2.05, 4.69) is 18.7 Å². The topological polar surface area (TPSA) is 119 Å². The molecule has 0 radical (unpaired) electrons. The fraction of sp³-hybridized carbons (Fsp3) is 0.154. The van der Waals surface area contributed by atoms with Crippen molar-refractivity contribution in [2.75, 3.05) is 13.2 Å². The Morgan fingerprint density at radius 3 is 2.69 bits per heavy atom. The Hall–Kier alpha value is -4.28. The molecule has 0 bridgehead atoms. The summed E-state index contributed by atoms with van der Waals surface area (Å²) in [4.78, 5) is 20.7. The van der Waals surface area contributed by atoms with Gasteiger partial charge in [-0.2, -0.15) is 8.75 Å². The number of hydrogen-bond donors (Lipinski definition) is 2. The second kappa shape index (κ2) is 7.87. The van der Waals surface area contributed by atoms with Crippen LogP contribution in [0.25, 0.3) is 27.6 Å². The number of imidazole rings is 1. The third-order valence-corrected chi connectivity index (χ3v) is 7.05. The van der Waals surface area contributed by atoms with Crippen LogP contribution in [0.2, 0.25) is 0 Å². The largest absolute Gasteiger partial charge is 0.486 e. The van der Waals surface area contributed by atoms with Gasteiger partial charge in [-0.25, -0.2) is 9.78 Å². The lowest BCUT2D eigenvalue weighted by Crippen LogP contribution is -2.30. The standard InChI is InChI=1S/C26H18N4O5S/c31-25-24(15-2-5-19-21(11-15)30-36-29-19)17(9-14-1-4-18-20(10-14)28-13-27-18)26(32,35-25)16-3-6-22-23(12-16)34-8-7-33-22/h1-6,10-13,32H,7-9H2,(H,27,28). The molecule has 0 fully saturated rings. The van der Waals surface area contributed by atoms with Gasteiger partial charge in [0.05, 0.1) is 34.7 Å². The van der Waals surface area contributed by atoms with Crippen LogP contribution in [0, 0.1) is 0 Å². The molecule has 0 spiro atoms. The zero-order valence-electron chi connectivity index (χ0n) is 18.7. The molecule has 36 heavy (non-hydrogen) atoms. The molecule has 178 valence electrons. The molecule has 0 aliphatic carbocycles. The van der Waals surface area contributed by atoms with Gasteiger partial charge in [0.15, 0.2) is 11.5 Å². The van der Waals surface area contributed by atoms with Crippen molar-refractivity contribution >= 4 is 45.3 Å². The lowest BCUT2D eigenvalue weighted by atomic mass is 9.87. The summed E-state index contributed by atoms with van der Waals surface area (Å²) in [6, 6.07) is 16.2. The first-order valence-corrected chi connectivity index (χ1v) is 12.1. The normalized spacial score (nSPS) is 19.3. The lowest BCUT2D eigenvalue weighted by molar-refractivity contribution is -0.185. The quantitative estimate of drug-likeness (QED) is 0.360. The van der Waals surface area contributed by atoms with E-state index in [4.69, 9.17) is 14.2 Å². The lowest BCUT2D eigenvalue weighted by Gasteiger charge is -2.27. The monoisotopic (exact) mass is 498 g/mol. The molecular formula is C26H18N4O5S. The van der Waals surface area contributed by atoms with Gasteiger partial charge in [0.2, 0.25) is 0 Å². The van der Waals surface area contributed by atoms with Gasteiger partial charge >= 0.3 is 5.97 Å². The summed E-state index contributed by atoms with van der Waals surface area (Å²) in [5, 5.41) is 12.0. The van der Waals surface area contributed by atoms with Crippen LogP contribution in [-0.4, -0.2) is 43.0 Å². The summed E-state index contributed by atoms with van der Waals surface area (Å²) >= 11 is 1.10. The number of H-pyrrole nitrogens is 1. The third-order valence-electron chi connectivity index (χ3n) is 6.50. The van der Waals surface area contributed by atoms with E-state index in [-0.39, 0.29) is 6.42 Å². The first-order chi connectivity index (χ1) is 17.6. The third kappa shape index (κ3) is 3.26. The van der Waals surface area contributed by atoms with Gasteiger partial charge in [0.1, 0.15) is 24.2 Å². The number of cyclic esters (lactones) is 1. The summed E-state index contributed by atoms with van der Waals surface area (Å²) in [5.74, 6) is -1.55. The highest BCUT2D eigenvalue weighted by Gasteiger charge is 2.48. The SMILES string of the molecule is O=C1OC(O)(c2ccc3c(c2)OCCO3)C(Cc2ccc3nc[nH]c3c2)=C1c1ccc2nsnc2c1. The molecule has 7 rings (SSSR count). The van der Waals surface area contributed by atoms with Crippen molar-refractivity contribution in [1.82, 2.24) is 18.7 Å². The zero-order chi connectivity index (χ0) is 24.3. The molecule has 1 unspecified atom stereocenters. The molecule has 5 aromatic rings. The number of hydrogen-bond acceptors (Lipinski definition) is 9. The maximum Gasteiger partial charge on any atom is 0.342 e. The number of nitrogens with zero attached hydrogens (tertiary/aromatic N) is 3. The molecule has 4 heterocycles. The van der Waals surface area contributed by atoms with Gasteiger partial charge < -0.3 is 24.3 Å². The summed E-state index contributed by atoms with van der Waals surface area (Å²) < 4.78 is 25.6. The van der Waals surface area contributed by atoms with Crippen LogP contribution in [0.3, 0.4) is 0 Å². The first kappa shape index (κ1) is 21.0. The number of aromatic amines is 1. The van der Waals surface area contributed by atoms with Crippen molar-refractivity contribution < 1.29 is 24.1 Å². The highest BCUT2D eigenvalue weighted by Crippen LogP contribution is 2.47. The molecule has 2 aliphatic heterocycles. The van der Waals surface area contributed by atoms with Crippen molar-refractivity contribution in [1.29, 1.82) is 0 Å². The number of esters is 1. The molecule has 2 N–H and O–H groups in total. The van der Waals surface area contributed by atoms with Crippen molar-refractivity contribution in [3.63, 3.8) is 0 Å². The van der Waals surface area contributed by atoms with E-state index in [0.29, 0.717) is 52.5 Å². The second-order valence-corrected chi connectivity index (χ2v) is 9.17. The number of nitrogens with one attached hydrogen (secondary N) is 1. The smallest absolute Gasteiger partial charge is 0.342 e. The van der Waals surface area contributed by atoms with Gasteiger partial charge in [-0.15, -0.1) is 0 Å². The highest BCUT2D eigenvalue weighted by molar-refractivity contribution is 7.00. The van der Waals surface area contributed by atoms with Crippen molar-refractivity contribution in [2.45, 2.75) is 12.2 Å². The number of carbonyl (C=O) groups is 1. The Balaban J connectivity index is 1.41. The number of rotatable bonds is 4. The molecule has 9 nitrogen and oxygen atoms in total. The average Bonchev–Trinajstić information content (AvgIpc) is 3.61.